The van der Waals surface area contributed by atoms with Gasteiger partial charge in [-0.2, -0.15) is 0 Å². The molecular weight excluding hydrogens is 218 g/mol. The molecule has 0 saturated carbocycles. The number of piperidine rings is 1. The maximum atomic E-state index is 11.6. The molecule has 0 aliphatic carbocycles. The minimum absolute atomic E-state index is 0.221. The van der Waals surface area contributed by atoms with Gasteiger partial charge in [0.05, 0.1) is 12.2 Å². The number of hydrogen-bond donors (Lipinski definition) is 1. The summed E-state index contributed by atoms with van der Waals surface area (Å²) >= 11 is 0. The molecule has 2 saturated heterocycles. The van der Waals surface area contributed by atoms with Crippen molar-refractivity contribution < 1.29 is 14.3 Å². The van der Waals surface area contributed by atoms with Gasteiger partial charge < -0.3 is 14.8 Å². The van der Waals surface area contributed by atoms with Crippen LogP contribution in [0.25, 0.3) is 0 Å². The minimum atomic E-state index is 0.221. The Hall–Kier alpha value is -0.450. The molecule has 1 atom stereocenters. The summed E-state index contributed by atoms with van der Waals surface area (Å²) in [5.41, 5.74) is 0. The first kappa shape index (κ1) is 13.0. The van der Waals surface area contributed by atoms with Crippen molar-refractivity contribution in [3.8, 4) is 0 Å². The van der Waals surface area contributed by atoms with E-state index in [2.05, 4.69) is 5.32 Å². The van der Waals surface area contributed by atoms with Crippen LogP contribution in [0.1, 0.15) is 38.5 Å². The van der Waals surface area contributed by atoms with Crippen molar-refractivity contribution in [1.82, 2.24) is 5.32 Å². The SMILES string of the molecule is O=C(CCC1CCCO1)COC1CCNCC1. The number of nitrogens with one attached hydrogen (secondary N) is 1. The molecule has 2 rings (SSSR count). The number of ether oxygens (including phenoxy) is 2. The lowest BCUT2D eigenvalue weighted by Gasteiger charge is -2.22. The lowest BCUT2D eigenvalue weighted by Crippen LogP contribution is -2.33. The van der Waals surface area contributed by atoms with E-state index < -0.39 is 0 Å². The number of carbonyl (C=O) groups excluding carboxylic acids is 1. The van der Waals surface area contributed by atoms with E-state index in [-0.39, 0.29) is 18.5 Å². The van der Waals surface area contributed by atoms with Crippen LogP contribution in [0.5, 0.6) is 0 Å². The average Bonchev–Trinajstić information content (AvgIpc) is 2.88. The Morgan fingerprint density at radius 1 is 1.29 bits per heavy atom. The summed E-state index contributed by atoms with van der Waals surface area (Å²) < 4.78 is 11.1. The van der Waals surface area contributed by atoms with Crippen LogP contribution in [0.4, 0.5) is 0 Å². The topological polar surface area (TPSA) is 47.6 Å². The van der Waals surface area contributed by atoms with E-state index in [1.807, 2.05) is 0 Å². The maximum absolute atomic E-state index is 11.6. The standard InChI is InChI=1S/C13H23NO3/c15-11(3-4-12-2-1-9-16-12)10-17-13-5-7-14-8-6-13/h12-14H,1-10H2. The molecule has 4 nitrogen and oxygen atoms in total. The minimum Gasteiger partial charge on any atom is -0.378 e. The molecule has 2 aliphatic heterocycles. The number of ketones is 1. The third-order valence-electron chi connectivity index (χ3n) is 3.54. The summed E-state index contributed by atoms with van der Waals surface area (Å²) in [6.07, 6.45) is 6.38. The third-order valence-corrected chi connectivity index (χ3v) is 3.54. The van der Waals surface area contributed by atoms with E-state index in [1.54, 1.807) is 0 Å². The number of carbonyl (C=O) groups is 1. The molecule has 0 spiro atoms. The van der Waals surface area contributed by atoms with Gasteiger partial charge in [-0.05, 0) is 45.2 Å². The Labute approximate surface area is 103 Å². The molecule has 1 N–H and O–H groups in total. The molecular formula is C13H23NO3. The Morgan fingerprint density at radius 3 is 2.82 bits per heavy atom. The monoisotopic (exact) mass is 241 g/mol. The molecule has 2 heterocycles. The smallest absolute Gasteiger partial charge is 0.158 e. The normalized spacial score (nSPS) is 26.2. The predicted octanol–water partition coefficient (Wildman–Crippen LogP) is 1.28. The fraction of sp³-hybridized carbons (Fsp3) is 0.923. The highest BCUT2D eigenvalue weighted by molar-refractivity contribution is 5.79. The first-order valence-corrected chi connectivity index (χ1v) is 6.80. The number of rotatable bonds is 6. The maximum Gasteiger partial charge on any atom is 0.158 e. The lowest BCUT2D eigenvalue weighted by molar-refractivity contribution is -0.126. The fourth-order valence-electron chi connectivity index (χ4n) is 2.44. The van der Waals surface area contributed by atoms with Crippen molar-refractivity contribution in [2.75, 3.05) is 26.3 Å². The van der Waals surface area contributed by atoms with Crippen LogP contribution in [0, 0.1) is 0 Å². The van der Waals surface area contributed by atoms with Gasteiger partial charge in [0.15, 0.2) is 5.78 Å². The second-order valence-electron chi connectivity index (χ2n) is 4.97. The number of hydrogen-bond acceptors (Lipinski definition) is 4. The summed E-state index contributed by atoms with van der Waals surface area (Å²) in [4.78, 5) is 11.6. The van der Waals surface area contributed by atoms with Crippen LogP contribution in [0.15, 0.2) is 0 Å². The first-order chi connectivity index (χ1) is 8.34. The van der Waals surface area contributed by atoms with E-state index in [9.17, 15) is 4.79 Å². The highest BCUT2D eigenvalue weighted by Gasteiger charge is 2.18. The Kier molecular flexibility index (Phi) is 5.42. The van der Waals surface area contributed by atoms with Crippen LogP contribution in [-0.2, 0) is 14.3 Å². The summed E-state index contributed by atoms with van der Waals surface area (Å²) in [6, 6.07) is 0. The molecule has 4 heteroatoms. The second-order valence-corrected chi connectivity index (χ2v) is 4.97. The molecule has 1 unspecified atom stereocenters. The molecule has 2 fully saturated rings. The van der Waals surface area contributed by atoms with Crippen molar-refractivity contribution in [1.29, 1.82) is 0 Å². The van der Waals surface area contributed by atoms with E-state index >= 15 is 0 Å². The Morgan fingerprint density at radius 2 is 2.12 bits per heavy atom. The molecule has 0 aromatic heterocycles. The molecule has 0 aromatic carbocycles. The van der Waals surface area contributed by atoms with Crippen molar-refractivity contribution in [2.24, 2.45) is 0 Å². The average molecular weight is 241 g/mol. The van der Waals surface area contributed by atoms with Crippen LogP contribution in [-0.4, -0.2) is 44.3 Å². The zero-order valence-electron chi connectivity index (χ0n) is 10.5. The lowest BCUT2D eigenvalue weighted by atomic mass is 10.1. The fourth-order valence-corrected chi connectivity index (χ4v) is 2.44. The van der Waals surface area contributed by atoms with Crippen LogP contribution in [0.2, 0.25) is 0 Å². The number of Topliss-reactive ketones (excluding diaryl/α,β-unsaturated/α-hetero) is 1. The molecule has 0 aromatic rings. The summed E-state index contributed by atoms with van der Waals surface area (Å²) in [7, 11) is 0. The molecule has 0 amide bonds. The quantitative estimate of drug-likeness (QED) is 0.761. The zero-order chi connectivity index (χ0) is 11.9. The zero-order valence-corrected chi connectivity index (χ0v) is 10.5. The summed E-state index contributed by atoms with van der Waals surface area (Å²) in [6.45, 7) is 3.17. The van der Waals surface area contributed by atoms with E-state index in [0.29, 0.717) is 12.5 Å². The van der Waals surface area contributed by atoms with Gasteiger partial charge in [-0.1, -0.05) is 0 Å². The molecule has 17 heavy (non-hydrogen) atoms. The molecule has 0 radical (unpaired) electrons. The first-order valence-electron chi connectivity index (χ1n) is 6.80. The van der Waals surface area contributed by atoms with Gasteiger partial charge in [0.25, 0.3) is 0 Å². The third kappa shape index (κ3) is 4.74. The van der Waals surface area contributed by atoms with Crippen molar-refractivity contribution in [2.45, 2.75) is 50.7 Å². The molecule has 2 aliphatic rings. The largest absolute Gasteiger partial charge is 0.378 e. The highest BCUT2D eigenvalue weighted by atomic mass is 16.5. The summed E-state index contributed by atoms with van der Waals surface area (Å²) in [5, 5.41) is 3.28. The van der Waals surface area contributed by atoms with Crippen molar-refractivity contribution in [3.63, 3.8) is 0 Å². The van der Waals surface area contributed by atoms with Gasteiger partial charge in [-0.15, -0.1) is 0 Å². The summed E-state index contributed by atoms with van der Waals surface area (Å²) in [5.74, 6) is 0.221. The molecule has 98 valence electrons. The van der Waals surface area contributed by atoms with Crippen molar-refractivity contribution in [3.05, 3.63) is 0 Å². The molecule has 0 bridgehead atoms. The van der Waals surface area contributed by atoms with Crippen LogP contribution < -0.4 is 5.32 Å². The van der Waals surface area contributed by atoms with Gasteiger partial charge in [0, 0.05) is 13.0 Å². The van der Waals surface area contributed by atoms with Gasteiger partial charge in [0.2, 0.25) is 0 Å². The van der Waals surface area contributed by atoms with E-state index in [1.165, 1.54) is 0 Å². The van der Waals surface area contributed by atoms with Gasteiger partial charge in [-0.25, -0.2) is 0 Å². The van der Waals surface area contributed by atoms with Crippen LogP contribution in [0.3, 0.4) is 0 Å². The van der Waals surface area contributed by atoms with E-state index in [4.69, 9.17) is 9.47 Å². The van der Waals surface area contributed by atoms with Gasteiger partial charge >= 0.3 is 0 Å². The van der Waals surface area contributed by atoms with Crippen molar-refractivity contribution >= 4 is 5.78 Å². The Bertz CT molecular complexity index is 233. The van der Waals surface area contributed by atoms with Gasteiger partial charge in [0.1, 0.15) is 6.61 Å². The Balaban J connectivity index is 1.53. The highest BCUT2D eigenvalue weighted by Crippen LogP contribution is 2.17. The van der Waals surface area contributed by atoms with Gasteiger partial charge in [-0.3, -0.25) is 4.79 Å². The second kappa shape index (κ2) is 7.09. The predicted molar refractivity (Wildman–Crippen MR) is 65.1 cm³/mol. The van der Waals surface area contributed by atoms with Crippen LogP contribution >= 0.6 is 0 Å². The van der Waals surface area contributed by atoms with E-state index in [0.717, 1.165) is 51.8 Å².